The van der Waals surface area contributed by atoms with Crippen LogP contribution < -0.4 is 10.6 Å². The van der Waals surface area contributed by atoms with Crippen molar-refractivity contribution in [1.82, 2.24) is 10.2 Å². The summed E-state index contributed by atoms with van der Waals surface area (Å²) in [4.78, 5) is 14.4. The average Bonchev–Trinajstić information content (AvgIpc) is 2.52. The number of para-hydroxylation sites is 1. The summed E-state index contributed by atoms with van der Waals surface area (Å²) in [6, 6.07) is 9.83. The van der Waals surface area contributed by atoms with E-state index < -0.39 is 0 Å². The van der Waals surface area contributed by atoms with Crippen LogP contribution in [0.15, 0.2) is 30.3 Å². The summed E-state index contributed by atoms with van der Waals surface area (Å²) in [6.07, 6.45) is 4.87. The Labute approximate surface area is 158 Å². The Hall–Kier alpha value is -0.970. The molecular weight excluding hydrogens is 345 g/mol. The first-order valence-electron chi connectivity index (χ1n) is 8.25. The Morgan fingerprint density at radius 1 is 1.25 bits per heavy atom. The van der Waals surface area contributed by atoms with Crippen molar-refractivity contribution in [3.05, 3.63) is 30.3 Å². The second-order valence-corrected chi connectivity index (χ2v) is 6.82. The van der Waals surface area contributed by atoms with Crippen LogP contribution in [0.25, 0.3) is 0 Å². The zero-order valence-corrected chi connectivity index (χ0v) is 16.5. The number of amides is 1. The van der Waals surface area contributed by atoms with Crippen molar-refractivity contribution in [2.24, 2.45) is 5.92 Å². The van der Waals surface area contributed by atoms with Gasteiger partial charge in [-0.1, -0.05) is 38.0 Å². The predicted molar refractivity (Wildman–Crippen MR) is 106 cm³/mol. The fourth-order valence-electron chi connectivity index (χ4n) is 3.42. The number of nitrogens with one attached hydrogen (secondary N) is 2. The smallest absolute Gasteiger partial charge is 0.239 e. The van der Waals surface area contributed by atoms with E-state index >= 15 is 0 Å². The molecule has 2 N–H and O–H groups in total. The summed E-state index contributed by atoms with van der Waals surface area (Å²) >= 11 is 0. The van der Waals surface area contributed by atoms with Gasteiger partial charge in [0.05, 0.1) is 6.54 Å². The lowest BCUT2D eigenvalue weighted by Crippen LogP contribution is -2.55. The SMILES string of the molecule is CC1CCCC(CNC(=O)CNc2ccccc2)(N(C)C)C1.Cl.Cl. The molecule has 1 aliphatic carbocycles. The molecule has 1 aromatic rings. The number of anilines is 1. The average molecular weight is 376 g/mol. The van der Waals surface area contributed by atoms with Crippen molar-refractivity contribution in [2.45, 2.75) is 38.1 Å². The maximum absolute atomic E-state index is 12.1. The minimum atomic E-state index is 0. The lowest BCUT2D eigenvalue weighted by molar-refractivity contribution is -0.120. The lowest BCUT2D eigenvalue weighted by Gasteiger charge is -2.45. The molecule has 0 aromatic heterocycles. The van der Waals surface area contributed by atoms with E-state index in [0.29, 0.717) is 6.54 Å². The molecule has 1 fully saturated rings. The second kappa shape index (κ2) is 10.8. The van der Waals surface area contributed by atoms with Crippen LogP contribution in [-0.2, 0) is 4.79 Å². The fourth-order valence-corrected chi connectivity index (χ4v) is 3.42. The van der Waals surface area contributed by atoms with Gasteiger partial charge in [-0.2, -0.15) is 0 Å². The Morgan fingerprint density at radius 3 is 2.50 bits per heavy atom. The normalized spacial score (nSPS) is 22.9. The molecule has 0 spiro atoms. The summed E-state index contributed by atoms with van der Waals surface area (Å²) in [5.41, 5.74) is 1.09. The minimum absolute atomic E-state index is 0. The van der Waals surface area contributed by atoms with E-state index in [1.807, 2.05) is 30.3 Å². The zero-order chi connectivity index (χ0) is 16.0. The predicted octanol–water partition coefficient (Wildman–Crippen LogP) is 3.57. The van der Waals surface area contributed by atoms with Crippen LogP contribution >= 0.6 is 24.8 Å². The highest BCUT2D eigenvalue weighted by molar-refractivity contribution is 5.85. The zero-order valence-electron chi connectivity index (χ0n) is 14.9. The Balaban J connectivity index is 0.00000264. The first-order chi connectivity index (χ1) is 10.5. The van der Waals surface area contributed by atoms with Crippen LogP contribution in [-0.4, -0.2) is 43.5 Å². The first kappa shape index (κ1) is 23.0. The summed E-state index contributed by atoms with van der Waals surface area (Å²) < 4.78 is 0. The molecular formula is C18H31Cl2N3O. The molecule has 2 rings (SSSR count). The van der Waals surface area contributed by atoms with Gasteiger partial charge in [0.25, 0.3) is 0 Å². The maximum Gasteiger partial charge on any atom is 0.239 e. The number of halogens is 2. The van der Waals surface area contributed by atoms with Gasteiger partial charge in [-0.25, -0.2) is 0 Å². The van der Waals surface area contributed by atoms with Gasteiger partial charge in [0.1, 0.15) is 0 Å². The molecule has 138 valence electrons. The molecule has 1 saturated carbocycles. The molecule has 1 aromatic carbocycles. The van der Waals surface area contributed by atoms with Gasteiger partial charge in [0.2, 0.25) is 5.91 Å². The van der Waals surface area contributed by atoms with Crippen molar-refractivity contribution in [3.63, 3.8) is 0 Å². The molecule has 0 heterocycles. The van der Waals surface area contributed by atoms with Gasteiger partial charge in [-0.15, -0.1) is 24.8 Å². The summed E-state index contributed by atoms with van der Waals surface area (Å²) in [6.45, 7) is 3.37. The third-order valence-electron chi connectivity index (χ3n) is 4.86. The number of carbonyl (C=O) groups is 1. The van der Waals surface area contributed by atoms with Gasteiger partial charge < -0.3 is 15.5 Å². The fraction of sp³-hybridized carbons (Fsp3) is 0.611. The molecule has 6 heteroatoms. The highest BCUT2D eigenvalue weighted by Crippen LogP contribution is 2.35. The molecule has 1 aliphatic rings. The van der Waals surface area contributed by atoms with E-state index in [-0.39, 0.29) is 36.3 Å². The summed E-state index contributed by atoms with van der Waals surface area (Å²) in [7, 11) is 4.26. The van der Waals surface area contributed by atoms with Crippen LogP contribution in [0.4, 0.5) is 5.69 Å². The Morgan fingerprint density at radius 2 is 1.92 bits per heavy atom. The monoisotopic (exact) mass is 375 g/mol. The molecule has 0 saturated heterocycles. The molecule has 2 unspecified atom stereocenters. The van der Waals surface area contributed by atoms with E-state index in [0.717, 1.165) is 31.0 Å². The topological polar surface area (TPSA) is 44.4 Å². The maximum atomic E-state index is 12.1. The molecule has 0 aliphatic heterocycles. The highest BCUT2D eigenvalue weighted by Gasteiger charge is 2.37. The van der Waals surface area contributed by atoms with Gasteiger partial charge in [-0.05, 0) is 45.0 Å². The van der Waals surface area contributed by atoms with E-state index in [1.54, 1.807) is 0 Å². The van der Waals surface area contributed by atoms with Crippen LogP contribution in [0.5, 0.6) is 0 Å². The number of benzene rings is 1. The largest absolute Gasteiger partial charge is 0.376 e. The van der Waals surface area contributed by atoms with Crippen LogP contribution in [0.3, 0.4) is 0 Å². The standard InChI is InChI=1S/C18H29N3O.2ClH/c1-15-8-7-11-18(12-15,21(2)3)14-20-17(22)13-19-16-9-5-4-6-10-16;;/h4-6,9-10,15,19H,7-8,11-14H2,1-3H3,(H,20,22);2*1H. The van der Waals surface area contributed by atoms with Crippen molar-refractivity contribution in [3.8, 4) is 0 Å². The van der Waals surface area contributed by atoms with Crippen LogP contribution in [0.2, 0.25) is 0 Å². The number of rotatable bonds is 6. The van der Waals surface area contributed by atoms with Crippen molar-refractivity contribution >= 4 is 36.4 Å². The van der Waals surface area contributed by atoms with Gasteiger partial charge in [-0.3, -0.25) is 4.79 Å². The van der Waals surface area contributed by atoms with E-state index in [1.165, 1.54) is 12.8 Å². The van der Waals surface area contributed by atoms with Crippen LogP contribution in [0.1, 0.15) is 32.6 Å². The van der Waals surface area contributed by atoms with Crippen molar-refractivity contribution in [2.75, 3.05) is 32.5 Å². The number of carbonyl (C=O) groups excluding carboxylic acids is 1. The van der Waals surface area contributed by atoms with E-state index in [4.69, 9.17) is 0 Å². The molecule has 2 atom stereocenters. The third kappa shape index (κ3) is 6.50. The van der Waals surface area contributed by atoms with Gasteiger partial charge in [0.15, 0.2) is 0 Å². The Kier molecular flexibility index (Phi) is 10.4. The van der Waals surface area contributed by atoms with Crippen molar-refractivity contribution in [1.29, 1.82) is 0 Å². The molecule has 24 heavy (non-hydrogen) atoms. The quantitative estimate of drug-likeness (QED) is 0.798. The molecule has 1 amide bonds. The summed E-state index contributed by atoms with van der Waals surface area (Å²) in [5, 5.41) is 6.28. The second-order valence-electron chi connectivity index (χ2n) is 6.82. The highest BCUT2D eigenvalue weighted by atomic mass is 35.5. The van der Waals surface area contributed by atoms with Crippen LogP contribution in [0, 0.1) is 5.92 Å². The number of hydrogen-bond acceptors (Lipinski definition) is 3. The number of likely N-dealkylation sites (N-methyl/N-ethyl adjacent to an activating group) is 1. The number of nitrogens with zero attached hydrogens (tertiary/aromatic N) is 1. The minimum Gasteiger partial charge on any atom is -0.376 e. The van der Waals surface area contributed by atoms with Crippen molar-refractivity contribution < 1.29 is 4.79 Å². The Bertz CT molecular complexity index is 484. The van der Waals surface area contributed by atoms with E-state index in [2.05, 4.69) is 36.6 Å². The first-order valence-corrected chi connectivity index (χ1v) is 8.25. The number of hydrogen-bond donors (Lipinski definition) is 2. The molecule has 0 bridgehead atoms. The molecule has 0 radical (unpaired) electrons. The molecule has 4 nitrogen and oxygen atoms in total. The lowest BCUT2D eigenvalue weighted by atomic mass is 9.75. The van der Waals surface area contributed by atoms with Gasteiger partial charge >= 0.3 is 0 Å². The third-order valence-corrected chi connectivity index (χ3v) is 4.86. The van der Waals surface area contributed by atoms with Gasteiger partial charge in [0, 0.05) is 17.8 Å². The summed E-state index contributed by atoms with van der Waals surface area (Å²) in [5.74, 6) is 0.791. The van der Waals surface area contributed by atoms with E-state index in [9.17, 15) is 4.79 Å².